The second kappa shape index (κ2) is 9.64. The highest BCUT2D eigenvalue weighted by Gasteiger charge is 2.24. The van der Waals surface area contributed by atoms with Crippen LogP contribution in [0.3, 0.4) is 0 Å². The monoisotopic (exact) mass is 353 g/mol. The van der Waals surface area contributed by atoms with Gasteiger partial charge in [0, 0.05) is 13.1 Å². The van der Waals surface area contributed by atoms with Gasteiger partial charge in [0.1, 0.15) is 0 Å². The van der Waals surface area contributed by atoms with E-state index < -0.39 is 6.04 Å². The minimum Gasteiger partial charge on any atom is -0.339 e. The standard InChI is InChI=1S/C18H27N3O2.ClH/c1-3-6-15(19)17(22)20-16-8-5-4-7-14(16)18(23)21-11-9-13(2)10-12-21;/h4-5,7-8,13,15H,3,6,9-12,19H2,1-2H3,(H,20,22);1H. The van der Waals surface area contributed by atoms with Crippen molar-refractivity contribution in [3.8, 4) is 0 Å². The van der Waals surface area contributed by atoms with Crippen molar-refractivity contribution in [2.45, 2.75) is 45.6 Å². The van der Waals surface area contributed by atoms with Gasteiger partial charge in [0.05, 0.1) is 17.3 Å². The summed E-state index contributed by atoms with van der Waals surface area (Å²) in [7, 11) is 0. The van der Waals surface area contributed by atoms with Crippen LogP contribution in [0.25, 0.3) is 0 Å². The molecule has 1 unspecified atom stereocenters. The first-order valence-corrected chi connectivity index (χ1v) is 8.47. The van der Waals surface area contributed by atoms with Crippen LogP contribution in [0.15, 0.2) is 24.3 Å². The molecule has 0 saturated carbocycles. The molecule has 1 aliphatic heterocycles. The summed E-state index contributed by atoms with van der Waals surface area (Å²) in [5.41, 5.74) is 6.94. The number of piperidine rings is 1. The third-order valence-corrected chi connectivity index (χ3v) is 4.42. The molecule has 3 N–H and O–H groups in total. The van der Waals surface area contributed by atoms with Crippen molar-refractivity contribution >= 4 is 29.9 Å². The minimum absolute atomic E-state index is 0. The molecule has 24 heavy (non-hydrogen) atoms. The summed E-state index contributed by atoms with van der Waals surface area (Å²) in [6.45, 7) is 5.75. The van der Waals surface area contributed by atoms with Crippen molar-refractivity contribution in [1.29, 1.82) is 0 Å². The second-order valence-corrected chi connectivity index (χ2v) is 6.40. The summed E-state index contributed by atoms with van der Waals surface area (Å²) in [5.74, 6) is 0.414. The molecule has 1 aliphatic rings. The van der Waals surface area contributed by atoms with E-state index in [9.17, 15) is 9.59 Å². The van der Waals surface area contributed by atoms with E-state index in [1.165, 1.54) is 0 Å². The van der Waals surface area contributed by atoms with E-state index in [1.54, 1.807) is 12.1 Å². The van der Waals surface area contributed by atoms with E-state index in [2.05, 4.69) is 12.2 Å². The number of rotatable bonds is 5. The molecule has 0 bridgehead atoms. The molecular formula is C18H28ClN3O2. The van der Waals surface area contributed by atoms with Crippen molar-refractivity contribution < 1.29 is 9.59 Å². The second-order valence-electron chi connectivity index (χ2n) is 6.40. The fourth-order valence-electron chi connectivity index (χ4n) is 2.83. The summed E-state index contributed by atoms with van der Waals surface area (Å²) < 4.78 is 0. The first-order valence-electron chi connectivity index (χ1n) is 8.47. The third-order valence-electron chi connectivity index (χ3n) is 4.42. The van der Waals surface area contributed by atoms with Crippen LogP contribution in [0, 0.1) is 5.92 Å². The van der Waals surface area contributed by atoms with Gasteiger partial charge in [-0.15, -0.1) is 12.4 Å². The highest BCUT2D eigenvalue weighted by Crippen LogP contribution is 2.22. The molecule has 0 radical (unpaired) electrons. The lowest BCUT2D eigenvalue weighted by Crippen LogP contribution is -2.39. The predicted octanol–water partition coefficient (Wildman–Crippen LogP) is 3.05. The quantitative estimate of drug-likeness (QED) is 0.854. The normalized spacial score (nSPS) is 16.2. The molecule has 0 aliphatic carbocycles. The van der Waals surface area contributed by atoms with Crippen molar-refractivity contribution in [2.24, 2.45) is 11.7 Å². The number of carbonyl (C=O) groups excluding carboxylic acids is 2. The van der Waals surface area contributed by atoms with Gasteiger partial charge in [0.25, 0.3) is 5.91 Å². The maximum Gasteiger partial charge on any atom is 0.255 e. The SMILES string of the molecule is CCCC(N)C(=O)Nc1ccccc1C(=O)N1CCC(C)CC1.Cl. The zero-order valence-electron chi connectivity index (χ0n) is 14.5. The summed E-state index contributed by atoms with van der Waals surface area (Å²) in [5, 5.41) is 2.81. The van der Waals surface area contributed by atoms with Gasteiger partial charge in [0.15, 0.2) is 0 Å². The van der Waals surface area contributed by atoms with E-state index in [1.807, 2.05) is 24.0 Å². The summed E-state index contributed by atoms with van der Waals surface area (Å²) >= 11 is 0. The number of nitrogens with one attached hydrogen (secondary N) is 1. The molecule has 2 rings (SSSR count). The first-order chi connectivity index (χ1) is 11.0. The fourth-order valence-corrected chi connectivity index (χ4v) is 2.83. The lowest BCUT2D eigenvalue weighted by atomic mass is 9.98. The summed E-state index contributed by atoms with van der Waals surface area (Å²) in [6.07, 6.45) is 3.54. The number of para-hydroxylation sites is 1. The Labute approximate surface area is 150 Å². The molecule has 5 nitrogen and oxygen atoms in total. The highest BCUT2D eigenvalue weighted by molar-refractivity contribution is 6.04. The van der Waals surface area contributed by atoms with Crippen LogP contribution < -0.4 is 11.1 Å². The Bertz CT molecular complexity index is 557. The number of benzene rings is 1. The highest BCUT2D eigenvalue weighted by atomic mass is 35.5. The number of likely N-dealkylation sites (tertiary alicyclic amines) is 1. The van der Waals surface area contributed by atoms with Crippen LogP contribution in [0.5, 0.6) is 0 Å². The van der Waals surface area contributed by atoms with E-state index >= 15 is 0 Å². The average Bonchev–Trinajstić information content (AvgIpc) is 2.55. The van der Waals surface area contributed by atoms with Gasteiger partial charge < -0.3 is 16.0 Å². The summed E-state index contributed by atoms with van der Waals surface area (Å²) in [4.78, 5) is 26.8. The van der Waals surface area contributed by atoms with Crippen molar-refractivity contribution in [1.82, 2.24) is 4.90 Å². The van der Waals surface area contributed by atoms with Crippen LogP contribution in [0.2, 0.25) is 0 Å². The lowest BCUT2D eigenvalue weighted by Gasteiger charge is -2.31. The molecular weight excluding hydrogens is 326 g/mol. The Morgan fingerprint density at radius 2 is 1.92 bits per heavy atom. The lowest BCUT2D eigenvalue weighted by molar-refractivity contribution is -0.117. The number of nitrogens with zero attached hydrogens (tertiary/aromatic N) is 1. The molecule has 0 spiro atoms. The zero-order chi connectivity index (χ0) is 16.8. The van der Waals surface area contributed by atoms with Crippen LogP contribution in [-0.4, -0.2) is 35.8 Å². The number of carbonyl (C=O) groups is 2. The Balaban J connectivity index is 0.00000288. The van der Waals surface area contributed by atoms with E-state index in [0.29, 0.717) is 23.6 Å². The van der Waals surface area contributed by atoms with E-state index in [4.69, 9.17) is 5.73 Å². The van der Waals surface area contributed by atoms with Crippen LogP contribution >= 0.6 is 12.4 Å². The molecule has 2 amide bonds. The molecule has 6 heteroatoms. The number of hydrogen-bond donors (Lipinski definition) is 2. The van der Waals surface area contributed by atoms with Gasteiger partial charge in [-0.2, -0.15) is 0 Å². The fraction of sp³-hybridized carbons (Fsp3) is 0.556. The van der Waals surface area contributed by atoms with Gasteiger partial charge in [-0.25, -0.2) is 0 Å². The molecule has 1 saturated heterocycles. The van der Waals surface area contributed by atoms with Gasteiger partial charge in [0.2, 0.25) is 5.91 Å². The summed E-state index contributed by atoms with van der Waals surface area (Å²) in [6, 6.07) is 6.62. The minimum atomic E-state index is -0.543. The maximum absolute atomic E-state index is 12.7. The molecule has 1 fully saturated rings. The predicted molar refractivity (Wildman–Crippen MR) is 99.5 cm³/mol. The number of amides is 2. The zero-order valence-corrected chi connectivity index (χ0v) is 15.3. The van der Waals surface area contributed by atoms with Crippen LogP contribution in [0.1, 0.15) is 49.9 Å². The van der Waals surface area contributed by atoms with Gasteiger partial charge in [-0.1, -0.05) is 32.4 Å². The maximum atomic E-state index is 12.7. The third kappa shape index (κ3) is 5.21. The van der Waals surface area contributed by atoms with Gasteiger partial charge >= 0.3 is 0 Å². The van der Waals surface area contributed by atoms with Crippen LogP contribution in [0.4, 0.5) is 5.69 Å². The van der Waals surface area contributed by atoms with Gasteiger partial charge in [-0.3, -0.25) is 9.59 Å². The molecule has 1 aromatic rings. The number of anilines is 1. The van der Waals surface area contributed by atoms with Gasteiger partial charge in [-0.05, 0) is 37.3 Å². The molecule has 1 heterocycles. The number of nitrogens with two attached hydrogens (primary N) is 1. The molecule has 1 atom stereocenters. The van der Waals surface area contributed by atoms with Crippen molar-refractivity contribution in [3.63, 3.8) is 0 Å². The number of halogens is 1. The number of hydrogen-bond acceptors (Lipinski definition) is 3. The molecule has 1 aromatic carbocycles. The van der Waals surface area contributed by atoms with E-state index in [0.717, 1.165) is 32.4 Å². The Morgan fingerprint density at radius 1 is 1.29 bits per heavy atom. The first kappa shape index (κ1) is 20.5. The Morgan fingerprint density at radius 3 is 2.54 bits per heavy atom. The Hall–Kier alpha value is -1.59. The largest absolute Gasteiger partial charge is 0.339 e. The topological polar surface area (TPSA) is 75.4 Å². The smallest absolute Gasteiger partial charge is 0.255 e. The van der Waals surface area contributed by atoms with Crippen LogP contribution in [-0.2, 0) is 4.79 Å². The Kier molecular flexibility index (Phi) is 8.22. The average molecular weight is 354 g/mol. The molecule has 0 aromatic heterocycles. The van der Waals surface area contributed by atoms with Crippen molar-refractivity contribution in [2.75, 3.05) is 18.4 Å². The van der Waals surface area contributed by atoms with Crippen molar-refractivity contribution in [3.05, 3.63) is 29.8 Å². The van der Waals surface area contributed by atoms with E-state index in [-0.39, 0.29) is 24.2 Å². The molecule has 134 valence electrons.